The molecule has 9 heteroatoms. The Labute approximate surface area is 206 Å². The number of amides is 1. The van der Waals surface area contributed by atoms with E-state index in [0.29, 0.717) is 11.6 Å². The number of halogens is 3. The van der Waals surface area contributed by atoms with Gasteiger partial charge in [-0.3, -0.25) is 9.78 Å². The molecule has 0 aliphatic heterocycles. The number of nitrogens with zero attached hydrogens (tertiary/aromatic N) is 3. The maximum Gasteiger partial charge on any atom is 0.422 e. The molecule has 36 heavy (non-hydrogen) atoms. The Morgan fingerprint density at radius 3 is 2.53 bits per heavy atom. The lowest BCUT2D eigenvalue weighted by Gasteiger charge is -2.15. The van der Waals surface area contributed by atoms with Gasteiger partial charge in [-0.1, -0.05) is 30.3 Å². The van der Waals surface area contributed by atoms with Crippen LogP contribution in [0.1, 0.15) is 48.7 Å². The van der Waals surface area contributed by atoms with Gasteiger partial charge in [-0.2, -0.15) is 18.3 Å². The first-order valence-electron chi connectivity index (χ1n) is 11.8. The number of aromatic nitrogens is 3. The van der Waals surface area contributed by atoms with Crippen LogP contribution in [0.25, 0.3) is 16.6 Å². The summed E-state index contributed by atoms with van der Waals surface area (Å²) in [6.07, 6.45) is -0.650. The molecule has 1 atom stereocenters. The van der Waals surface area contributed by atoms with E-state index in [1.165, 1.54) is 36.6 Å². The summed E-state index contributed by atoms with van der Waals surface area (Å²) in [7, 11) is 0. The predicted octanol–water partition coefficient (Wildman–Crippen LogP) is 5.66. The van der Waals surface area contributed by atoms with Crippen LogP contribution in [0, 0.1) is 0 Å². The molecule has 0 spiro atoms. The lowest BCUT2D eigenvalue weighted by atomic mass is 10.1. The van der Waals surface area contributed by atoms with Crippen LogP contribution in [-0.2, 0) is 11.2 Å². The van der Waals surface area contributed by atoms with E-state index in [9.17, 15) is 18.0 Å². The van der Waals surface area contributed by atoms with Crippen molar-refractivity contribution in [2.75, 3.05) is 6.61 Å². The second-order valence-electron chi connectivity index (χ2n) is 9.04. The molecule has 2 aromatic carbocycles. The third-order valence-electron chi connectivity index (χ3n) is 6.11. The molecule has 0 bridgehead atoms. The van der Waals surface area contributed by atoms with Crippen LogP contribution < -0.4 is 10.1 Å². The van der Waals surface area contributed by atoms with Crippen LogP contribution in [0.2, 0.25) is 0 Å². The summed E-state index contributed by atoms with van der Waals surface area (Å²) < 4.78 is 43.5. The van der Waals surface area contributed by atoms with Crippen molar-refractivity contribution in [2.24, 2.45) is 0 Å². The number of alkyl halides is 3. The number of carbonyl (C=O) groups is 1. The molecule has 6 nitrogen and oxygen atoms in total. The quantitative estimate of drug-likeness (QED) is 0.343. The lowest BCUT2D eigenvalue weighted by Crippen LogP contribution is -2.28. The molecule has 1 N–H and O–H groups in total. The maximum absolute atomic E-state index is 12.6. The summed E-state index contributed by atoms with van der Waals surface area (Å²) in [4.78, 5) is 16.7. The molecular weight excluding hydrogens is 469 g/mol. The Hall–Kier alpha value is -3.88. The minimum atomic E-state index is -4.41. The van der Waals surface area contributed by atoms with E-state index >= 15 is 0 Å². The van der Waals surface area contributed by atoms with Crippen molar-refractivity contribution in [3.05, 3.63) is 83.8 Å². The van der Waals surface area contributed by atoms with Gasteiger partial charge in [-0.15, -0.1) is 0 Å². The summed E-state index contributed by atoms with van der Waals surface area (Å²) in [5.41, 5.74) is 4.53. The zero-order chi connectivity index (χ0) is 25.3. The van der Waals surface area contributed by atoms with Crippen molar-refractivity contribution in [3.63, 3.8) is 0 Å². The van der Waals surface area contributed by atoms with Gasteiger partial charge in [0.05, 0.1) is 41.3 Å². The van der Waals surface area contributed by atoms with Crippen molar-refractivity contribution < 1.29 is 22.7 Å². The first-order valence-corrected chi connectivity index (χ1v) is 11.8. The van der Waals surface area contributed by atoms with Gasteiger partial charge in [0.1, 0.15) is 5.75 Å². The standard InChI is InChI=1S/C27H25F3N4O2/c1-17(23-13-12-21(15-31-23)36-16-27(28,29)30)32-25(35)14-18-6-10-20(11-7-18)34-24-5-3-2-4-22(24)26(33-34)19-8-9-19/h2-7,10-13,15,17,19H,8-9,14,16H2,1H3,(H,32,35)/t17-/m1/s1. The van der Waals surface area contributed by atoms with Crippen LogP contribution in [-0.4, -0.2) is 33.5 Å². The monoisotopic (exact) mass is 494 g/mol. The highest BCUT2D eigenvalue weighted by Crippen LogP contribution is 2.42. The highest BCUT2D eigenvalue weighted by atomic mass is 19.4. The number of pyridine rings is 1. The molecule has 2 heterocycles. The Morgan fingerprint density at radius 1 is 1.11 bits per heavy atom. The minimum absolute atomic E-state index is 0.0175. The topological polar surface area (TPSA) is 69.0 Å². The molecule has 0 radical (unpaired) electrons. The summed E-state index contributed by atoms with van der Waals surface area (Å²) >= 11 is 0. The fourth-order valence-electron chi connectivity index (χ4n) is 4.15. The number of hydrogen-bond donors (Lipinski definition) is 1. The molecule has 2 aromatic heterocycles. The van der Waals surface area contributed by atoms with Crippen LogP contribution in [0.4, 0.5) is 13.2 Å². The second-order valence-corrected chi connectivity index (χ2v) is 9.04. The molecule has 186 valence electrons. The van der Waals surface area contributed by atoms with Gasteiger partial charge in [-0.05, 0) is 55.7 Å². The largest absolute Gasteiger partial charge is 0.483 e. The van der Waals surface area contributed by atoms with E-state index in [-0.39, 0.29) is 18.1 Å². The number of hydrogen-bond acceptors (Lipinski definition) is 4. The van der Waals surface area contributed by atoms with E-state index in [2.05, 4.69) is 27.2 Å². The van der Waals surface area contributed by atoms with Gasteiger partial charge < -0.3 is 10.1 Å². The Balaban J connectivity index is 1.20. The van der Waals surface area contributed by atoms with Gasteiger partial charge in [0.25, 0.3) is 0 Å². The van der Waals surface area contributed by atoms with Gasteiger partial charge in [0.15, 0.2) is 6.61 Å². The zero-order valence-corrected chi connectivity index (χ0v) is 19.6. The van der Waals surface area contributed by atoms with E-state index in [1.807, 2.05) is 41.1 Å². The third-order valence-corrected chi connectivity index (χ3v) is 6.11. The van der Waals surface area contributed by atoms with Crippen molar-refractivity contribution in [1.82, 2.24) is 20.1 Å². The number of fused-ring (bicyclic) bond motifs is 1. The average Bonchev–Trinajstić information content (AvgIpc) is 3.63. The molecule has 5 rings (SSSR count). The fraction of sp³-hybridized carbons (Fsp3) is 0.296. The van der Waals surface area contributed by atoms with Crippen molar-refractivity contribution in [1.29, 1.82) is 0 Å². The summed E-state index contributed by atoms with van der Waals surface area (Å²) in [6.45, 7) is 0.386. The van der Waals surface area contributed by atoms with E-state index < -0.39 is 18.8 Å². The molecule has 1 aliphatic rings. The molecule has 1 amide bonds. The SMILES string of the molecule is C[C@@H](NC(=O)Cc1ccc(-n2nc(C3CC3)c3ccccc32)cc1)c1ccc(OCC(F)(F)F)cn1. The summed E-state index contributed by atoms with van der Waals surface area (Å²) in [6, 6.07) is 18.5. The molecular formula is C27H25F3N4O2. The number of benzene rings is 2. The highest BCUT2D eigenvalue weighted by molar-refractivity contribution is 5.84. The minimum Gasteiger partial charge on any atom is -0.483 e. The van der Waals surface area contributed by atoms with Gasteiger partial charge in [-0.25, -0.2) is 4.68 Å². The highest BCUT2D eigenvalue weighted by Gasteiger charge is 2.29. The number of nitrogens with one attached hydrogen (secondary N) is 1. The average molecular weight is 495 g/mol. The van der Waals surface area contributed by atoms with Crippen LogP contribution >= 0.6 is 0 Å². The molecule has 1 aliphatic carbocycles. The van der Waals surface area contributed by atoms with Gasteiger partial charge >= 0.3 is 6.18 Å². The summed E-state index contributed by atoms with van der Waals surface area (Å²) in [5.74, 6) is 0.373. The molecule has 1 fully saturated rings. The summed E-state index contributed by atoms with van der Waals surface area (Å²) in [5, 5.41) is 8.94. The Bertz CT molecular complexity index is 1360. The number of carbonyl (C=O) groups excluding carboxylic acids is 1. The Kier molecular flexibility index (Phi) is 6.38. The smallest absolute Gasteiger partial charge is 0.422 e. The first kappa shape index (κ1) is 23.8. The van der Waals surface area contributed by atoms with Gasteiger partial charge in [0, 0.05) is 11.3 Å². The molecule has 1 saturated carbocycles. The first-order chi connectivity index (χ1) is 17.3. The molecule has 0 unspecified atom stereocenters. The maximum atomic E-state index is 12.6. The van der Waals surface area contributed by atoms with E-state index in [4.69, 9.17) is 5.10 Å². The van der Waals surface area contributed by atoms with E-state index in [1.54, 1.807) is 6.92 Å². The van der Waals surface area contributed by atoms with Gasteiger partial charge in [0.2, 0.25) is 5.91 Å². The third kappa shape index (κ3) is 5.50. The lowest BCUT2D eigenvalue weighted by molar-refractivity contribution is -0.153. The van der Waals surface area contributed by atoms with Crippen LogP contribution in [0.3, 0.4) is 0 Å². The Morgan fingerprint density at radius 2 is 1.86 bits per heavy atom. The van der Waals surface area contributed by atoms with Crippen molar-refractivity contribution >= 4 is 16.8 Å². The predicted molar refractivity (Wildman–Crippen MR) is 129 cm³/mol. The number of para-hydroxylation sites is 1. The van der Waals surface area contributed by atoms with E-state index in [0.717, 1.165) is 22.5 Å². The van der Waals surface area contributed by atoms with Crippen LogP contribution in [0.15, 0.2) is 66.9 Å². The fourth-order valence-corrected chi connectivity index (χ4v) is 4.15. The van der Waals surface area contributed by atoms with Crippen LogP contribution in [0.5, 0.6) is 5.75 Å². The number of ether oxygens (including phenoxy) is 1. The zero-order valence-electron chi connectivity index (χ0n) is 19.6. The molecule has 0 saturated heterocycles. The van der Waals surface area contributed by atoms with Crippen molar-refractivity contribution in [3.8, 4) is 11.4 Å². The molecule has 4 aromatic rings. The van der Waals surface area contributed by atoms with Crippen molar-refractivity contribution in [2.45, 2.75) is 44.3 Å². The number of rotatable bonds is 8. The second kappa shape index (κ2) is 9.64. The normalized spacial score (nSPS) is 14.6.